The van der Waals surface area contributed by atoms with E-state index in [0.29, 0.717) is 11.1 Å². The lowest BCUT2D eigenvalue weighted by atomic mass is 9.96. The van der Waals surface area contributed by atoms with Crippen LogP contribution in [-0.2, 0) is 16.0 Å². The molecule has 6 heteroatoms. The Balaban J connectivity index is 2.44. The Bertz CT molecular complexity index is 740. The molecule has 0 aromatic heterocycles. The second-order valence-corrected chi connectivity index (χ2v) is 4.78. The molecule has 0 N–H and O–H groups in total. The second kappa shape index (κ2) is 7.31. The third kappa shape index (κ3) is 4.00. The normalized spacial score (nSPS) is 10.1. The van der Waals surface area contributed by atoms with E-state index in [1.165, 1.54) is 18.2 Å². The summed E-state index contributed by atoms with van der Waals surface area (Å²) in [5.41, 5.74) is 0.747. The average Bonchev–Trinajstić information content (AvgIpc) is 2.55. The maximum atomic E-state index is 12.6. The van der Waals surface area contributed by atoms with E-state index in [9.17, 15) is 19.7 Å². The van der Waals surface area contributed by atoms with Crippen LogP contribution in [0.5, 0.6) is 0 Å². The third-order valence-electron chi connectivity index (χ3n) is 3.22. The zero-order chi connectivity index (χ0) is 16.8. The molecule has 2 aromatic rings. The van der Waals surface area contributed by atoms with Crippen LogP contribution in [0.15, 0.2) is 48.5 Å². The van der Waals surface area contributed by atoms with Gasteiger partial charge in [0.25, 0.3) is 5.69 Å². The number of non-ortho nitro benzene ring substituents is 1. The van der Waals surface area contributed by atoms with Gasteiger partial charge in [-0.2, -0.15) is 0 Å². The first-order valence-corrected chi connectivity index (χ1v) is 7.05. The largest absolute Gasteiger partial charge is 0.466 e. The van der Waals surface area contributed by atoms with Crippen molar-refractivity contribution in [1.82, 2.24) is 0 Å². The molecule has 0 aliphatic carbocycles. The molecule has 2 aromatic carbocycles. The standard InChI is InChI=1S/C17H15NO5/c1-2-23-16(19)10-13-8-9-14(18(21)22)11-15(13)17(20)12-6-4-3-5-7-12/h3-9,11H,2,10H2,1H3. The Morgan fingerprint density at radius 2 is 1.83 bits per heavy atom. The summed E-state index contributed by atoms with van der Waals surface area (Å²) < 4.78 is 4.88. The second-order valence-electron chi connectivity index (χ2n) is 4.78. The maximum Gasteiger partial charge on any atom is 0.310 e. The van der Waals surface area contributed by atoms with E-state index >= 15 is 0 Å². The maximum absolute atomic E-state index is 12.6. The van der Waals surface area contributed by atoms with Gasteiger partial charge in [-0.25, -0.2) is 0 Å². The summed E-state index contributed by atoms with van der Waals surface area (Å²) in [6.07, 6.45) is -0.111. The van der Waals surface area contributed by atoms with Crippen LogP contribution in [0, 0.1) is 10.1 Å². The molecule has 0 aliphatic rings. The first-order valence-electron chi connectivity index (χ1n) is 7.05. The number of hydrogen-bond acceptors (Lipinski definition) is 5. The minimum atomic E-state index is -0.573. The number of carbonyl (C=O) groups is 2. The highest BCUT2D eigenvalue weighted by atomic mass is 16.6. The number of hydrogen-bond donors (Lipinski definition) is 0. The SMILES string of the molecule is CCOC(=O)Cc1ccc([N+](=O)[O-])cc1C(=O)c1ccccc1. The lowest BCUT2D eigenvalue weighted by Gasteiger charge is -2.09. The van der Waals surface area contributed by atoms with E-state index in [1.807, 2.05) is 0 Å². The lowest BCUT2D eigenvalue weighted by Crippen LogP contribution is -2.12. The minimum Gasteiger partial charge on any atom is -0.466 e. The summed E-state index contributed by atoms with van der Waals surface area (Å²) >= 11 is 0. The first kappa shape index (κ1) is 16.4. The van der Waals surface area contributed by atoms with E-state index < -0.39 is 10.9 Å². The van der Waals surface area contributed by atoms with Crippen LogP contribution in [0.3, 0.4) is 0 Å². The van der Waals surface area contributed by atoms with Crippen molar-refractivity contribution in [3.05, 3.63) is 75.3 Å². The number of ketones is 1. The fourth-order valence-electron chi connectivity index (χ4n) is 2.16. The number of ether oxygens (including phenoxy) is 1. The highest BCUT2D eigenvalue weighted by Gasteiger charge is 2.19. The molecule has 0 fully saturated rings. The van der Waals surface area contributed by atoms with E-state index in [2.05, 4.69) is 0 Å². The van der Waals surface area contributed by atoms with Gasteiger partial charge in [0.05, 0.1) is 18.0 Å². The predicted molar refractivity (Wildman–Crippen MR) is 83.3 cm³/mol. The van der Waals surface area contributed by atoms with Crippen molar-refractivity contribution in [1.29, 1.82) is 0 Å². The van der Waals surface area contributed by atoms with Crippen LogP contribution in [-0.4, -0.2) is 23.3 Å². The van der Waals surface area contributed by atoms with Crippen LogP contribution >= 0.6 is 0 Å². The third-order valence-corrected chi connectivity index (χ3v) is 3.22. The molecule has 2 rings (SSSR count). The summed E-state index contributed by atoms with van der Waals surface area (Å²) in [6, 6.07) is 12.3. The summed E-state index contributed by atoms with van der Waals surface area (Å²) in [5.74, 6) is -0.850. The van der Waals surface area contributed by atoms with Gasteiger partial charge >= 0.3 is 5.97 Å². The molecular formula is C17H15NO5. The fraction of sp³-hybridized carbons (Fsp3) is 0.176. The Hall–Kier alpha value is -3.02. The number of nitrogens with zero attached hydrogens (tertiary/aromatic N) is 1. The van der Waals surface area contributed by atoms with E-state index in [-0.39, 0.29) is 30.1 Å². The van der Waals surface area contributed by atoms with Crippen molar-refractivity contribution in [3.63, 3.8) is 0 Å². The highest BCUT2D eigenvalue weighted by molar-refractivity contribution is 6.10. The smallest absolute Gasteiger partial charge is 0.310 e. The van der Waals surface area contributed by atoms with Crippen LogP contribution in [0.4, 0.5) is 5.69 Å². The van der Waals surface area contributed by atoms with E-state index in [1.54, 1.807) is 37.3 Å². The van der Waals surface area contributed by atoms with Crippen molar-refractivity contribution in [3.8, 4) is 0 Å². The van der Waals surface area contributed by atoms with Crippen molar-refractivity contribution >= 4 is 17.4 Å². The molecule has 6 nitrogen and oxygen atoms in total. The van der Waals surface area contributed by atoms with Crippen LogP contribution in [0.25, 0.3) is 0 Å². The van der Waals surface area contributed by atoms with Gasteiger partial charge in [-0.1, -0.05) is 36.4 Å². The van der Waals surface area contributed by atoms with Gasteiger partial charge in [0.2, 0.25) is 0 Å². The topological polar surface area (TPSA) is 86.5 Å². The molecule has 0 saturated carbocycles. The van der Waals surface area contributed by atoms with Crippen molar-refractivity contribution in [2.75, 3.05) is 6.61 Å². The number of nitro benzene ring substituents is 1. The zero-order valence-electron chi connectivity index (χ0n) is 12.5. The Morgan fingerprint density at radius 3 is 2.43 bits per heavy atom. The van der Waals surface area contributed by atoms with E-state index in [0.717, 1.165) is 0 Å². The summed E-state index contributed by atoms with van der Waals surface area (Å²) in [5, 5.41) is 11.0. The number of rotatable bonds is 6. The average molecular weight is 313 g/mol. The van der Waals surface area contributed by atoms with Gasteiger partial charge in [-0.05, 0) is 12.5 Å². The summed E-state index contributed by atoms with van der Waals surface area (Å²) in [6.45, 7) is 1.91. The molecule has 23 heavy (non-hydrogen) atoms. The molecule has 0 saturated heterocycles. The van der Waals surface area contributed by atoms with Crippen LogP contribution < -0.4 is 0 Å². The molecular weight excluding hydrogens is 298 g/mol. The number of nitro groups is 1. The molecule has 0 unspecified atom stereocenters. The summed E-state index contributed by atoms with van der Waals surface area (Å²) in [7, 11) is 0. The van der Waals surface area contributed by atoms with Crippen molar-refractivity contribution < 1.29 is 19.2 Å². The van der Waals surface area contributed by atoms with Crippen LogP contribution in [0.2, 0.25) is 0 Å². The van der Waals surface area contributed by atoms with Crippen molar-refractivity contribution in [2.24, 2.45) is 0 Å². The molecule has 118 valence electrons. The Kier molecular flexibility index (Phi) is 5.19. The number of benzene rings is 2. The molecule has 0 radical (unpaired) electrons. The molecule has 0 atom stereocenters. The van der Waals surface area contributed by atoms with E-state index in [4.69, 9.17) is 4.74 Å². The lowest BCUT2D eigenvalue weighted by molar-refractivity contribution is -0.384. The highest BCUT2D eigenvalue weighted by Crippen LogP contribution is 2.22. The minimum absolute atomic E-state index is 0.111. The molecule has 0 heterocycles. The monoisotopic (exact) mass is 313 g/mol. The first-order chi connectivity index (χ1) is 11.0. The van der Waals surface area contributed by atoms with Crippen molar-refractivity contribution in [2.45, 2.75) is 13.3 Å². The molecule has 0 bridgehead atoms. The molecule has 0 aliphatic heterocycles. The van der Waals surface area contributed by atoms with Gasteiger partial charge in [-0.3, -0.25) is 19.7 Å². The fourth-order valence-corrected chi connectivity index (χ4v) is 2.16. The van der Waals surface area contributed by atoms with Crippen LogP contribution in [0.1, 0.15) is 28.4 Å². The van der Waals surface area contributed by atoms with Gasteiger partial charge in [0.15, 0.2) is 5.78 Å². The summed E-state index contributed by atoms with van der Waals surface area (Å²) in [4.78, 5) is 34.7. The zero-order valence-corrected chi connectivity index (χ0v) is 12.5. The quantitative estimate of drug-likeness (QED) is 0.354. The van der Waals surface area contributed by atoms with Gasteiger partial charge in [0, 0.05) is 23.3 Å². The van der Waals surface area contributed by atoms with Gasteiger partial charge < -0.3 is 4.74 Å². The molecule has 0 spiro atoms. The Morgan fingerprint density at radius 1 is 1.13 bits per heavy atom. The number of esters is 1. The predicted octanol–water partition coefficient (Wildman–Crippen LogP) is 2.93. The van der Waals surface area contributed by atoms with Gasteiger partial charge in [-0.15, -0.1) is 0 Å². The van der Waals surface area contributed by atoms with Gasteiger partial charge in [0.1, 0.15) is 0 Å². The Labute approximate surface area is 132 Å². The number of carbonyl (C=O) groups excluding carboxylic acids is 2. The molecule has 0 amide bonds.